The largest absolute Gasteiger partial charge is 0.396 e. The number of rotatable bonds is 5. The Balaban J connectivity index is 2.02. The molecule has 1 aliphatic rings. The first-order valence-electron chi connectivity index (χ1n) is 6.20. The topological polar surface area (TPSA) is 40.5 Å². The first kappa shape index (κ1) is 11.6. The number of aliphatic hydroxyl groups is 2. The van der Waals surface area contributed by atoms with E-state index in [0.29, 0.717) is 18.8 Å². The molecule has 1 aromatic rings. The maximum Gasteiger partial charge on any atom is 0.0791 e. The molecule has 1 unspecified atom stereocenters. The fourth-order valence-electron chi connectivity index (χ4n) is 2.21. The van der Waals surface area contributed by atoms with Crippen LogP contribution in [0.5, 0.6) is 0 Å². The molecule has 2 heteroatoms. The maximum absolute atomic E-state index is 9.94. The summed E-state index contributed by atoms with van der Waals surface area (Å²) in [6, 6.07) is 8.30. The van der Waals surface area contributed by atoms with Gasteiger partial charge in [-0.1, -0.05) is 30.7 Å². The molecule has 1 saturated carbocycles. The van der Waals surface area contributed by atoms with Crippen molar-refractivity contribution in [2.24, 2.45) is 0 Å². The number of hydrogen-bond donors (Lipinski definition) is 2. The molecule has 0 saturated heterocycles. The first-order valence-corrected chi connectivity index (χ1v) is 6.20. The van der Waals surface area contributed by atoms with Gasteiger partial charge in [0.25, 0.3) is 0 Å². The van der Waals surface area contributed by atoms with Gasteiger partial charge in [-0.2, -0.15) is 0 Å². The Bertz CT molecular complexity index is 331. The summed E-state index contributed by atoms with van der Waals surface area (Å²) in [5.41, 5.74) is 2.37. The van der Waals surface area contributed by atoms with Crippen LogP contribution in [0.15, 0.2) is 24.3 Å². The lowest BCUT2D eigenvalue weighted by molar-refractivity contribution is 0.151. The van der Waals surface area contributed by atoms with Crippen LogP contribution in [0.25, 0.3) is 0 Å². The Kier molecular flexibility index (Phi) is 3.97. The van der Waals surface area contributed by atoms with Gasteiger partial charge < -0.3 is 10.2 Å². The molecule has 2 rings (SSSR count). The molecular weight excluding hydrogens is 200 g/mol. The van der Waals surface area contributed by atoms with Crippen molar-refractivity contribution in [3.8, 4) is 0 Å². The van der Waals surface area contributed by atoms with E-state index in [0.717, 1.165) is 5.56 Å². The molecule has 0 bridgehead atoms. The Hall–Kier alpha value is -0.860. The molecule has 0 radical (unpaired) electrons. The summed E-state index contributed by atoms with van der Waals surface area (Å²) in [6.45, 7) is 0.152. The standard InChI is InChI=1S/C14H20O2/c15-9-3-8-14(16)13-7-2-6-12(10-13)11-4-1-5-11/h2,6-7,10-11,14-16H,1,3-5,8-9H2. The fourth-order valence-corrected chi connectivity index (χ4v) is 2.21. The average Bonchev–Trinajstić information content (AvgIpc) is 2.24. The molecule has 0 aromatic heterocycles. The minimum Gasteiger partial charge on any atom is -0.396 e. The van der Waals surface area contributed by atoms with Crippen LogP contribution in [-0.2, 0) is 0 Å². The van der Waals surface area contributed by atoms with Crippen LogP contribution in [0.1, 0.15) is 55.3 Å². The Morgan fingerprint density at radius 1 is 1.31 bits per heavy atom. The minimum atomic E-state index is -0.424. The summed E-state index contributed by atoms with van der Waals surface area (Å²) in [6.07, 6.45) is 4.79. The van der Waals surface area contributed by atoms with E-state index in [1.165, 1.54) is 24.8 Å². The van der Waals surface area contributed by atoms with Gasteiger partial charge in [0.05, 0.1) is 6.10 Å². The van der Waals surface area contributed by atoms with Gasteiger partial charge in [0.2, 0.25) is 0 Å². The number of hydrogen-bond acceptors (Lipinski definition) is 2. The summed E-state index contributed by atoms with van der Waals surface area (Å²) in [7, 11) is 0. The van der Waals surface area contributed by atoms with Crippen molar-refractivity contribution in [1.82, 2.24) is 0 Å². The van der Waals surface area contributed by atoms with E-state index in [1.54, 1.807) is 0 Å². The van der Waals surface area contributed by atoms with Gasteiger partial charge in [0.1, 0.15) is 0 Å². The van der Waals surface area contributed by atoms with Crippen LogP contribution >= 0.6 is 0 Å². The summed E-state index contributed by atoms with van der Waals surface area (Å²) >= 11 is 0. The van der Waals surface area contributed by atoms with Crippen LogP contribution < -0.4 is 0 Å². The fraction of sp³-hybridized carbons (Fsp3) is 0.571. The van der Waals surface area contributed by atoms with Crippen molar-refractivity contribution in [2.45, 2.75) is 44.1 Å². The molecule has 1 aliphatic carbocycles. The zero-order valence-corrected chi connectivity index (χ0v) is 9.60. The minimum absolute atomic E-state index is 0.152. The highest BCUT2D eigenvalue weighted by Gasteiger charge is 2.20. The molecule has 1 fully saturated rings. The normalized spacial score (nSPS) is 18.1. The predicted molar refractivity (Wildman–Crippen MR) is 64.3 cm³/mol. The average molecular weight is 220 g/mol. The zero-order chi connectivity index (χ0) is 11.4. The zero-order valence-electron chi connectivity index (χ0n) is 9.60. The highest BCUT2D eigenvalue weighted by atomic mass is 16.3. The lowest BCUT2D eigenvalue weighted by Crippen LogP contribution is -2.09. The van der Waals surface area contributed by atoms with Gasteiger partial charge in [0.15, 0.2) is 0 Å². The van der Waals surface area contributed by atoms with Gasteiger partial charge in [-0.3, -0.25) is 0 Å². The number of aliphatic hydroxyl groups excluding tert-OH is 2. The first-order chi connectivity index (χ1) is 7.81. The second kappa shape index (κ2) is 5.46. The van der Waals surface area contributed by atoms with Crippen molar-refractivity contribution in [1.29, 1.82) is 0 Å². The molecule has 2 N–H and O–H groups in total. The molecule has 0 aliphatic heterocycles. The summed E-state index contributed by atoms with van der Waals surface area (Å²) < 4.78 is 0. The lowest BCUT2D eigenvalue weighted by atomic mass is 9.79. The van der Waals surface area contributed by atoms with Crippen molar-refractivity contribution in [3.05, 3.63) is 35.4 Å². The second-order valence-electron chi connectivity index (χ2n) is 4.68. The molecule has 1 atom stereocenters. The monoisotopic (exact) mass is 220 g/mol. The lowest BCUT2D eigenvalue weighted by Gasteiger charge is -2.26. The highest BCUT2D eigenvalue weighted by Crippen LogP contribution is 2.37. The third-order valence-corrected chi connectivity index (χ3v) is 3.51. The van der Waals surface area contributed by atoms with Crippen molar-refractivity contribution in [3.63, 3.8) is 0 Å². The van der Waals surface area contributed by atoms with Gasteiger partial charge in [0, 0.05) is 6.61 Å². The number of benzene rings is 1. The smallest absolute Gasteiger partial charge is 0.0791 e. The van der Waals surface area contributed by atoms with Gasteiger partial charge >= 0.3 is 0 Å². The molecule has 16 heavy (non-hydrogen) atoms. The maximum atomic E-state index is 9.94. The van der Waals surface area contributed by atoms with Crippen LogP contribution in [-0.4, -0.2) is 16.8 Å². The molecule has 0 spiro atoms. The van der Waals surface area contributed by atoms with Crippen LogP contribution in [0, 0.1) is 0 Å². The van der Waals surface area contributed by atoms with Gasteiger partial charge in [-0.25, -0.2) is 0 Å². The van der Waals surface area contributed by atoms with E-state index in [1.807, 2.05) is 12.1 Å². The molecular formula is C14H20O2. The molecule has 0 amide bonds. The van der Waals surface area contributed by atoms with E-state index in [9.17, 15) is 5.11 Å². The van der Waals surface area contributed by atoms with Crippen molar-refractivity contribution < 1.29 is 10.2 Å². The predicted octanol–water partition coefficient (Wildman–Crippen LogP) is 2.76. The van der Waals surface area contributed by atoms with E-state index in [-0.39, 0.29) is 6.61 Å². The van der Waals surface area contributed by atoms with Crippen molar-refractivity contribution >= 4 is 0 Å². The Morgan fingerprint density at radius 3 is 2.75 bits per heavy atom. The summed E-state index contributed by atoms with van der Waals surface area (Å²) in [5.74, 6) is 0.713. The van der Waals surface area contributed by atoms with Crippen molar-refractivity contribution in [2.75, 3.05) is 6.61 Å². The Morgan fingerprint density at radius 2 is 2.12 bits per heavy atom. The SMILES string of the molecule is OCCCC(O)c1cccc(C2CCC2)c1. The van der Waals surface area contributed by atoms with E-state index >= 15 is 0 Å². The molecule has 1 aromatic carbocycles. The molecule has 0 heterocycles. The van der Waals surface area contributed by atoms with E-state index in [2.05, 4.69) is 12.1 Å². The van der Waals surface area contributed by atoms with Crippen LogP contribution in [0.2, 0.25) is 0 Å². The van der Waals surface area contributed by atoms with E-state index in [4.69, 9.17) is 5.11 Å². The second-order valence-corrected chi connectivity index (χ2v) is 4.68. The van der Waals surface area contributed by atoms with Crippen LogP contribution in [0.4, 0.5) is 0 Å². The van der Waals surface area contributed by atoms with E-state index < -0.39 is 6.10 Å². The third-order valence-electron chi connectivity index (χ3n) is 3.51. The third kappa shape index (κ3) is 2.63. The van der Waals surface area contributed by atoms with Gasteiger partial charge in [-0.15, -0.1) is 0 Å². The van der Waals surface area contributed by atoms with Crippen LogP contribution in [0.3, 0.4) is 0 Å². The van der Waals surface area contributed by atoms with Gasteiger partial charge in [-0.05, 0) is 42.7 Å². The molecule has 88 valence electrons. The molecule has 2 nitrogen and oxygen atoms in total. The summed E-state index contributed by atoms with van der Waals surface area (Å²) in [4.78, 5) is 0. The quantitative estimate of drug-likeness (QED) is 0.801. The highest BCUT2D eigenvalue weighted by molar-refractivity contribution is 5.28. The summed E-state index contributed by atoms with van der Waals surface area (Å²) in [5, 5.41) is 18.7. The Labute approximate surface area is 96.9 Å².